The van der Waals surface area contributed by atoms with E-state index in [2.05, 4.69) is 25.2 Å². The summed E-state index contributed by atoms with van der Waals surface area (Å²) in [5.74, 6) is 0.574. The number of carbonyl (C=O) groups is 1. The van der Waals surface area contributed by atoms with Crippen LogP contribution in [0, 0.1) is 13.8 Å². The van der Waals surface area contributed by atoms with Crippen molar-refractivity contribution in [3.8, 4) is 0 Å². The SMILES string of the molecule is Cc1nc2c(C=O)cc3cnc(NCCN(C)C)nc3n2c1C. The summed E-state index contributed by atoms with van der Waals surface area (Å²) in [4.78, 5) is 26.9. The van der Waals surface area contributed by atoms with Crippen molar-refractivity contribution in [1.82, 2.24) is 24.3 Å². The Balaban J connectivity index is 2.13. The van der Waals surface area contributed by atoms with Gasteiger partial charge in [0.05, 0.1) is 11.3 Å². The molecule has 3 rings (SSSR count). The number of aryl methyl sites for hydroxylation is 2. The van der Waals surface area contributed by atoms with E-state index in [0.717, 1.165) is 41.8 Å². The maximum absolute atomic E-state index is 11.3. The fourth-order valence-corrected chi connectivity index (χ4v) is 2.52. The number of carbonyl (C=O) groups excluding carboxylic acids is 1. The molecule has 3 aromatic rings. The molecule has 0 saturated carbocycles. The van der Waals surface area contributed by atoms with Crippen LogP contribution in [0.5, 0.6) is 0 Å². The summed E-state index contributed by atoms with van der Waals surface area (Å²) in [7, 11) is 4.04. The first kappa shape index (κ1) is 15.4. The van der Waals surface area contributed by atoms with Crippen LogP contribution < -0.4 is 5.32 Å². The van der Waals surface area contributed by atoms with Crippen LogP contribution in [0.3, 0.4) is 0 Å². The van der Waals surface area contributed by atoms with E-state index in [4.69, 9.17) is 0 Å². The number of imidazole rings is 1. The van der Waals surface area contributed by atoms with E-state index in [1.54, 1.807) is 12.3 Å². The number of likely N-dealkylation sites (N-methyl/N-ethyl adjacent to an activating group) is 1. The van der Waals surface area contributed by atoms with Crippen LogP contribution in [0.2, 0.25) is 0 Å². The van der Waals surface area contributed by atoms with Gasteiger partial charge in [-0.15, -0.1) is 0 Å². The highest BCUT2D eigenvalue weighted by molar-refractivity contribution is 5.92. The number of aromatic nitrogens is 4. The molecule has 3 aromatic heterocycles. The fraction of sp³-hybridized carbons (Fsp3) is 0.375. The summed E-state index contributed by atoms with van der Waals surface area (Å²) in [5, 5.41) is 4.04. The minimum Gasteiger partial charge on any atom is -0.353 e. The molecular formula is C16H20N6O. The van der Waals surface area contributed by atoms with E-state index in [1.807, 2.05) is 32.3 Å². The van der Waals surface area contributed by atoms with Crippen molar-refractivity contribution in [1.29, 1.82) is 0 Å². The zero-order chi connectivity index (χ0) is 16.6. The molecule has 7 heteroatoms. The van der Waals surface area contributed by atoms with Gasteiger partial charge >= 0.3 is 0 Å². The largest absolute Gasteiger partial charge is 0.353 e. The quantitative estimate of drug-likeness (QED) is 0.723. The Morgan fingerprint density at radius 2 is 2.04 bits per heavy atom. The summed E-state index contributed by atoms with van der Waals surface area (Å²) in [5.41, 5.74) is 3.81. The lowest BCUT2D eigenvalue weighted by atomic mass is 10.2. The third kappa shape index (κ3) is 2.75. The van der Waals surface area contributed by atoms with Gasteiger partial charge in [-0.3, -0.25) is 9.20 Å². The van der Waals surface area contributed by atoms with Gasteiger partial charge in [-0.05, 0) is 34.0 Å². The topological polar surface area (TPSA) is 75.4 Å². The van der Waals surface area contributed by atoms with Gasteiger partial charge in [0.2, 0.25) is 5.95 Å². The Bertz CT molecular complexity index is 883. The molecule has 0 saturated heterocycles. The van der Waals surface area contributed by atoms with Crippen LogP contribution in [0.4, 0.5) is 5.95 Å². The first-order valence-corrected chi connectivity index (χ1v) is 7.50. The molecule has 0 aliphatic heterocycles. The van der Waals surface area contributed by atoms with Gasteiger partial charge in [-0.25, -0.2) is 9.97 Å². The smallest absolute Gasteiger partial charge is 0.224 e. The van der Waals surface area contributed by atoms with Crippen molar-refractivity contribution >= 4 is 28.9 Å². The van der Waals surface area contributed by atoms with Gasteiger partial charge in [-0.1, -0.05) is 0 Å². The van der Waals surface area contributed by atoms with Crippen LogP contribution in [-0.4, -0.2) is 57.7 Å². The lowest BCUT2D eigenvalue weighted by Crippen LogP contribution is -2.21. The molecule has 1 N–H and O–H groups in total. The van der Waals surface area contributed by atoms with E-state index in [-0.39, 0.29) is 0 Å². The average Bonchev–Trinajstić information content (AvgIpc) is 2.82. The minimum atomic E-state index is 0.547. The van der Waals surface area contributed by atoms with Crippen LogP contribution in [0.25, 0.3) is 16.7 Å². The molecule has 0 spiro atoms. The van der Waals surface area contributed by atoms with Gasteiger partial charge in [-0.2, -0.15) is 4.98 Å². The number of pyridine rings is 1. The lowest BCUT2D eigenvalue weighted by Gasteiger charge is -2.11. The van der Waals surface area contributed by atoms with Crippen molar-refractivity contribution in [2.45, 2.75) is 13.8 Å². The maximum Gasteiger partial charge on any atom is 0.224 e. The third-order valence-electron chi connectivity index (χ3n) is 3.89. The van der Waals surface area contributed by atoms with Gasteiger partial charge in [0, 0.05) is 30.4 Å². The molecule has 0 radical (unpaired) electrons. The number of hydrogen-bond donors (Lipinski definition) is 1. The second-order valence-corrected chi connectivity index (χ2v) is 5.86. The van der Waals surface area contributed by atoms with Crippen molar-refractivity contribution < 1.29 is 4.79 Å². The Morgan fingerprint density at radius 1 is 1.26 bits per heavy atom. The molecule has 0 atom stereocenters. The highest BCUT2D eigenvalue weighted by Gasteiger charge is 2.14. The third-order valence-corrected chi connectivity index (χ3v) is 3.89. The molecule has 0 aliphatic carbocycles. The Kier molecular flexibility index (Phi) is 3.96. The van der Waals surface area contributed by atoms with Gasteiger partial charge in [0.15, 0.2) is 11.9 Å². The highest BCUT2D eigenvalue weighted by Crippen LogP contribution is 2.22. The van der Waals surface area contributed by atoms with Crippen molar-refractivity contribution in [3.05, 3.63) is 29.2 Å². The normalized spacial score (nSPS) is 11.5. The molecule has 0 amide bonds. The fourth-order valence-electron chi connectivity index (χ4n) is 2.52. The van der Waals surface area contributed by atoms with E-state index < -0.39 is 0 Å². The second-order valence-electron chi connectivity index (χ2n) is 5.86. The summed E-state index contributed by atoms with van der Waals surface area (Å²) in [6, 6.07) is 1.78. The van der Waals surface area contributed by atoms with Crippen molar-refractivity contribution in [2.24, 2.45) is 0 Å². The number of anilines is 1. The standard InChI is InChI=1S/C16H20N6O/c1-10-11(2)22-14-12(7-13(9-23)15(22)19-10)8-18-16(20-14)17-5-6-21(3)4/h7-9H,5-6H2,1-4H3,(H,17,18,20). The van der Waals surface area contributed by atoms with Gasteiger partial charge in [0.25, 0.3) is 0 Å². The molecule has 0 fully saturated rings. The highest BCUT2D eigenvalue weighted by atomic mass is 16.1. The van der Waals surface area contributed by atoms with Gasteiger partial charge in [0.1, 0.15) is 5.65 Å². The summed E-state index contributed by atoms with van der Waals surface area (Å²) in [6.07, 6.45) is 2.56. The first-order chi connectivity index (χ1) is 11.0. The number of nitrogens with one attached hydrogen (secondary N) is 1. The van der Waals surface area contributed by atoms with E-state index in [9.17, 15) is 4.79 Å². The molecule has 0 aromatic carbocycles. The second kappa shape index (κ2) is 5.92. The van der Waals surface area contributed by atoms with E-state index in [1.165, 1.54) is 0 Å². The van der Waals surface area contributed by atoms with Crippen LogP contribution in [-0.2, 0) is 0 Å². The molecule has 0 aliphatic rings. The zero-order valence-electron chi connectivity index (χ0n) is 13.8. The Labute approximate surface area is 134 Å². The average molecular weight is 312 g/mol. The van der Waals surface area contributed by atoms with E-state index in [0.29, 0.717) is 17.2 Å². The molecule has 3 heterocycles. The number of hydrogen-bond acceptors (Lipinski definition) is 6. The number of rotatable bonds is 5. The maximum atomic E-state index is 11.3. The molecule has 23 heavy (non-hydrogen) atoms. The summed E-state index contributed by atoms with van der Waals surface area (Å²) in [6.45, 7) is 5.56. The molecule has 7 nitrogen and oxygen atoms in total. The van der Waals surface area contributed by atoms with Crippen LogP contribution >= 0.6 is 0 Å². The molecule has 120 valence electrons. The van der Waals surface area contributed by atoms with Crippen LogP contribution in [0.1, 0.15) is 21.7 Å². The Morgan fingerprint density at radius 3 is 2.74 bits per heavy atom. The van der Waals surface area contributed by atoms with Crippen LogP contribution in [0.15, 0.2) is 12.3 Å². The molecular weight excluding hydrogens is 292 g/mol. The Hall–Kier alpha value is -2.54. The minimum absolute atomic E-state index is 0.547. The van der Waals surface area contributed by atoms with E-state index >= 15 is 0 Å². The van der Waals surface area contributed by atoms with Crippen molar-refractivity contribution in [2.75, 3.05) is 32.5 Å². The first-order valence-electron chi connectivity index (χ1n) is 7.50. The number of fused-ring (bicyclic) bond motifs is 3. The predicted molar refractivity (Wildman–Crippen MR) is 90.2 cm³/mol. The van der Waals surface area contributed by atoms with Gasteiger partial charge < -0.3 is 10.2 Å². The number of nitrogens with zero attached hydrogens (tertiary/aromatic N) is 5. The summed E-state index contributed by atoms with van der Waals surface area (Å²) >= 11 is 0. The molecule has 0 bridgehead atoms. The summed E-state index contributed by atoms with van der Waals surface area (Å²) < 4.78 is 1.92. The monoisotopic (exact) mass is 312 g/mol. The molecule has 0 unspecified atom stereocenters. The van der Waals surface area contributed by atoms with Crippen molar-refractivity contribution in [3.63, 3.8) is 0 Å². The predicted octanol–water partition coefficient (Wildman–Crippen LogP) is 1.68. The zero-order valence-corrected chi connectivity index (χ0v) is 13.8. The lowest BCUT2D eigenvalue weighted by molar-refractivity contribution is 0.112. The number of aldehydes is 1.